The van der Waals surface area contributed by atoms with Crippen LogP contribution in [0.25, 0.3) is 22.3 Å². The van der Waals surface area contributed by atoms with Gasteiger partial charge in [0.2, 0.25) is 0 Å². The molecule has 2 aliphatic carbocycles. The van der Waals surface area contributed by atoms with Crippen LogP contribution < -0.4 is 5.30 Å². The third-order valence-electron chi connectivity index (χ3n) is 8.42. The minimum Gasteiger partial charge on any atom is -0.0683 e. The van der Waals surface area contributed by atoms with Crippen molar-refractivity contribution in [3.63, 3.8) is 0 Å². The van der Waals surface area contributed by atoms with Crippen LogP contribution in [-0.4, -0.2) is 11.3 Å². The Hall–Kier alpha value is -1.91. The Kier molecular flexibility index (Phi) is 7.55. The van der Waals surface area contributed by atoms with Gasteiger partial charge in [0.05, 0.1) is 0 Å². The number of benzene rings is 3. The van der Waals surface area contributed by atoms with Crippen LogP contribution >= 0.6 is 7.92 Å². The largest absolute Gasteiger partial charge is 0.0683 e. The first-order valence-corrected chi connectivity index (χ1v) is 15.2. The lowest BCUT2D eigenvalue weighted by molar-refractivity contribution is 0.487. The van der Waals surface area contributed by atoms with Gasteiger partial charge in [-0.05, 0) is 102 Å². The molecular formula is C33H41P. The van der Waals surface area contributed by atoms with Gasteiger partial charge >= 0.3 is 0 Å². The van der Waals surface area contributed by atoms with Crippen molar-refractivity contribution in [3.8, 4) is 22.3 Å². The number of hydrogen-bond acceptors (Lipinski definition) is 0. The third kappa shape index (κ3) is 4.77. The van der Waals surface area contributed by atoms with Crippen LogP contribution in [0.4, 0.5) is 0 Å². The van der Waals surface area contributed by atoms with E-state index in [1.165, 1.54) is 103 Å². The van der Waals surface area contributed by atoms with E-state index in [1.807, 2.05) is 0 Å². The lowest BCUT2D eigenvalue weighted by Gasteiger charge is -2.40. The maximum absolute atomic E-state index is 2.53. The number of hydrogen-bond donors (Lipinski definition) is 0. The van der Waals surface area contributed by atoms with Gasteiger partial charge in [0.15, 0.2) is 0 Å². The molecule has 0 spiro atoms. The molecule has 2 saturated carbocycles. The lowest BCUT2D eigenvalue weighted by Crippen LogP contribution is -2.27. The highest BCUT2D eigenvalue weighted by Crippen LogP contribution is 2.56. The van der Waals surface area contributed by atoms with Gasteiger partial charge in [0, 0.05) is 0 Å². The highest BCUT2D eigenvalue weighted by Gasteiger charge is 2.34. The Bertz CT molecular complexity index is 1080. The molecule has 0 unspecified atom stereocenters. The van der Waals surface area contributed by atoms with Crippen molar-refractivity contribution in [1.82, 2.24) is 0 Å². The van der Waals surface area contributed by atoms with Crippen molar-refractivity contribution in [2.45, 2.75) is 96.3 Å². The molecule has 0 heterocycles. The summed E-state index contributed by atoms with van der Waals surface area (Å²) in [4.78, 5) is 0. The molecule has 0 saturated heterocycles. The molecule has 5 rings (SSSR count). The molecule has 2 fully saturated rings. The van der Waals surface area contributed by atoms with Crippen molar-refractivity contribution in [2.75, 3.05) is 0 Å². The molecule has 0 aliphatic heterocycles. The number of aryl methyl sites for hydroxylation is 2. The Morgan fingerprint density at radius 1 is 0.588 bits per heavy atom. The molecule has 178 valence electrons. The molecular weight excluding hydrogens is 427 g/mol. The van der Waals surface area contributed by atoms with E-state index in [2.05, 4.69) is 81.4 Å². The summed E-state index contributed by atoms with van der Waals surface area (Å²) < 4.78 is 0. The molecule has 0 radical (unpaired) electrons. The van der Waals surface area contributed by atoms with Gasteiger partial charge in [0.1, 0.15) is 0 Å². The van der Waals surface area contributed by atoms with E-state index in [0.29, 0.717) is 0 Å². The topological polar surface area (TPSA) is 0 Å². The maximum Gasteiger partial charge on any atom is -0.0101 e. The van der Waals surface area contributed by atoms with Gasteiger partial charge in [-0.25, -0.2) is 0 Å². The fourth-order valence-electron chi connectivity index (χ4n) is 6.97. The molecule has 3 aromatic carbocycles. The van der Waals surface area contributed by atoms with Crippen LogP contribution in [0.15, 0.2) is 60.7 Å². The Morgan fingerprint density at radius 3 is 1.74 bits per heavy atom. The van der Waals surface area contributed by atoms with Crippen molar-refractivity contribution in [2.24, 2.45) is 0 Å². The fourth-order valence-corrected chi connectivity index (χ4v) is 10.9. The van der Waals surface area contributed by atoms with Crippen molar-refractivity contribution < 1.29 is 0 Å². The van der Waals surface area contributed by atoms with Crippen LogP contribution in [0.1, 0.15) is 80.9 Å². The van der Waals surface area contributed by atoms with Gasteiger partial charge < -0.3 is 0 Å². The van der Waals surface area contributed by atoms with Crippen LogP contribution in [-0.2, 0) is 0 Å². The monoisotopic (exact) mass is 468 g/mol. The van der Waals surface area contributed by atoms with Crippen LogP contribution in [0, 0.1) is 20.8 Å². The third-order valence-corrected chi connectivity index (χ3v) is 12.0. The zero-order valence-corrected chi connectivity index (χ0v) is 22.3. The quantitative estimate of drug-likeness (QED) is 0.327. The van der Waals surface area contributed by atoms with Gasteiger partial charge in [-0.15, -0.1) is 0 Å². The number of rotatable bonds is 5. The standard InChI is InChI=1S/C33H41P/c1-24-23-25(2)33(26(3)32(24)27-15-7-4-8-16-27)30-21-13-14-22-31(30)34(28-17-9-5-10-18-28)29-19-11-6-12-20-29/h4,7-8,13-16,21-23,28-29H,5-6,9-12,17-20H2,1-3H3. The smallest absolute Gasteiger partial charge is 0.0101 e. The first kappa shape index (κ1) is 23.8. The summed E-state index contributed by atoms with van der Waals surface area (Å²) in [5.74, 6) is 0. The molecule has 0 nitrogen and oxygen atoms in total. The summed E-state index contributed by atoms with van der Waals surface area (Å²) in [6.07, 6.45) is 14.5. The van der Waals surface area contributed by atoms with E-state index < -0.39 is 0 Å². The highest BCUT2D eigenvalue weighted by molar-refractivity contribution is 7.67. The van der Waals surface area contributed by atoms with E-state index in [1.54, 1.807) is 5.30 Å². The van der Waals surface area contributed by atoms with Gasteiger partial charge in [-0.2, -0.15) is 0 Å². The van der Waals surface area contributed by atoms with Gasteiger partial charge in [0.25, 0.3) is 0 Å². The van der Waals surface area contributed by atoms with E-state index in [0.717, 1.165) is 11.3 Å². The minimum atomic E-state index is -0.133. The first-order valence-electron chi connectivity index (χ1n) is 13.7. The van der Waals surface area contributed by atoms with E-state index in [4.69, 9.17) is 0 Å². The summed E-state index contributed by atoms with van der Waals surface area (Å²) in [6.45, 7) is 7.00. The SMILES string of the molecule is Cc1cc(C)c(-c2ccccc2P(C2CCCCC2)C2CCCCC2)c(C)c1-c1ccccc1. The van der Waals surface area contributed by atoms with Crippen LogP contribution in [0.2, 0.25) is 0 Å². The van der Waals surface area contributed by atoms with E-state index in [-0.39, 0.29) is 7.92 Å². The van der Waals surface area contributed by atoms with Gasteiger partial charge in [-0.3, -0.25) is 0 Å². The summed E-state index contributed by atoms with van der Waals surface area (Å²) >= 11 is 0. The van der Waals surface area contributed by atoms with Crippen molar-refractivity contribution in [1.29, 1.82) is 0 Å². The predicted octanol–water partition coefficient (Wildman–Crippen LogP) is 9.72. The minimum absolute atomic E-state index is 0.133. The average molecular weight is 469 g/mol. The zero-order chi connectivity index (χ0) is 23.5. The first-order chi connectivity index (χ1) is 16.6. The maximum atomic E-state index is 2.53. The zero-order valence-electron chi connectivity index (χ0n) is 21.4. The molecule has 0 bridgehead atoms. The van der Waals surface area contributed by atoms with Crippen LogP contribution in [0.3, 0.4) is 0 Å². The van der Waals surface area contributed by atoms with E-state index in [9.17, 15) is 0 Å². The second-order valence-corrected chi connectivity index (χ2v) is 13.5. The summed E-state index contributed by atoms with van der Waals surface area (Å²) in [7, 11) is -0.133. The lowest BCUT2D eigenvalue weighted by atomic mass is 9.86. The van der Waals surface area contributed by atoms with E-state index >= 15 is 0 Å². The predicted molar refractivity (Wildman–Crippen MR) is 152 cm³/mol. The second-order valence-electron chi connectivity index (χ2n) is 10.8. The molecule has 1 heteroatoms. The molecule has 0 N–H and O–H groups in total. The van der Waals surface area contributed by atoms with Crippen LogP contribution in [0.5, 0.6) is 0 Å². The Balaban J connectivity index is 1.66. The normalized spacial score (nSPS) is 17.9. The Morgan fingerprint density at radius 2 is 1.12 bits per heavy atom. The average Bonchev–Trinajstić information content (AvgIpc) is 2.87. The molecule has 0 atom stereocenters. The summed E-state index contributed by atoms with van der Waals surface area (Å²) in [6, 6.07) is 23.1. The fraction of sp³-hybridized carbons (Fsp3) is 0.455. The Labute approximate surface area is 209 Å². The molecule has 0 amide bonds. The molecule has 2 aliphatic rings. The molecule has 3 aromatic rings. The molecule has 34 heavy (non-hydrogen) atoms. The van der Waals surface area contributed by atoms with Crippen molar-refractivity contribution in [3.05, 3.63) is 77.4 Å². The van der Waals surface area contributed by atoms with Gasteiger partial charge in [-0.1, -0.05) is 107 Å². The highest BCUT2D eigenvalue weighted by atomic mass is 31.1. The van der Waals surface area contributed by atoms with Crippen molar-refractivity contribution >= 4 is 13.2 Å². The molecule has 0 aromatic heterocycles. The second kappa shape index (κ2) is 10.8. The summed E-state index contributed by atoms with van der Waals surface area (Å²) in [5, 5.41) is 1.71. The summed E-state index contributed by atoms with van der Waals surface area (Å²) in [5.41, 5.74) is 11.9.